The second-order valence-corrected chi connectivity index (χ2v) is 4.19. The predicted octanol–water partition coefficient (Wildman–Crippen LogP) is 1.05. The van der Waals surface area contributed by atoms with Crippen molar-refractivity contribution in [3.63, 3.8) is 0 Å². The van der Waals surface area contributed by atoms with Gasteiger partial charge in [-0.1, -0.05) is 0 Å². The molecule has 0 amide bonds. The van der Waals surface area contributed by atoms with Gasteiger partial charge in [-0.3, -0.25) is 9.59 Å². The normalized spacial score (nSPS) is 38.9. The Balaban J connectivity index is 2.14. The first-order chi connectivity index (χ1) is 6.62. The molecule has 0 aromatic heterocycles. The van der Waals surface area contributed by atoms with Gasteiger partial charge in [0.1, 0.15) is 0 Å². The maximum Gasteiger partial charge on any atom is 0.310 e. The molecule has 0 aliphatic heterocycles. The molecule has 78 valence electrons. The SMILES string of the molecule is CCOC(=O)C1C2CCC1(C(=O)O)C2. The number of fused-ring (bicyclic) bond motifs is 1. The van der Waals surface area contributed by atoms with E-state index in [0.29, 0.717) is 19.4 Å². The van der Waals surface area contributed by atoms with E-state index in [2.05, 4.69) is 0 Å². The summed E-state index contributed by atoms with van der Waals surface area (Å²) in [4.78, 5) is 22.6. The largest absolute Gasteiger partial charge is 0.481 e. The first-order valence-electron chi connectivity index (χ1n) is 5.02. The van der Waals surface area contributed by atoms with Crippen LogP contribution in [-0.2, 0) is 14.3 Å². The van der Waals surface area contributed by atoms with Crippen LogP contribution in [0.4, 0.5) is 0 Å². The molecule has 0 aromatic carbocycles. The molecule has 2 bridgehead atoms. The van der Waals surface area contributed by atoms with Crippen LogP contribution in [0.25, 0.3) is 0 Å². The molecular formula is C10H14O4. The van der Waals surface area contributed by atoms with Gasteiger partial charge in [0.05, 0.1) is 17.9 Å². The van der Waals surface area contributed by atoms with E-state index in [0.717, 1.165) is 6.42 Å². The molecule has 0 heterocycles. The molecule has 3 rings (SSSR count). The molecule has 3 unspecified atom stereocenters. The van der Waals surface area contributed by atoms with Gasteiger partial charge in [0.25, 0.3) is 0 Å². The Labute approximate surface area is 82.2 Å². The number of carbonyl (C=O) groups excluding carboxylic acids is 1. The highest BCUT2D eigenvalue weighted by Gasteiger charge is 2.67. The van der Waals surface area contributed by atoms with Gasteiger partial charge in [0.2, 0.25) is 0 Å². The lowest BCUT2D eigenvalue weighted by Gasteiger charge is -2.42. The molecule has 4 heteroatoms. The first kappa shape index (κ1) is 9.49. The minimum atomic E-state index is -0.829. The second-order valence-electron chi connectivity index (χ2n) is 4.19. The smallest absolute Gasteiger partial charge is 0.310 e. The average Bonchev–Trinajstić information content (AvgIpc) is 2.60. The highest BCUT2D eigenvalue weighted by atomic mass is 16.5. The summed E-state index contributed by atoms with van der Waals surface area (Å²) in [5, 5.41) is 9.09. The van der Waals surface area contributed by atoms with Crippen LogP contribution in [0, 0.1) is 17.3 Å². The van der Waals surface area contributed by atoms with Crippen molar-refractivity contribution in [3.8, 4) is 0 Å². The summed E-state index contributed by atoms with van der Waals surface area (Å²) < 4.78 is 4.90. The average molecular weight is 198 g/mol. The van der Waals surface area contributed by atoms with E-state index in [9.17, 15) is 9.59 Å². The van der Waals surface area contributed by atoms with Crippen molar-refractivity contribution in [2.75, 3.05) is 6.61 Å². The van der Waals surface area contributed by atoms with Crippen molar-refractivity contribution >= 4 is 11.9 Å². The predicted molar refractivity (Wildman–Crippen MR) is 47.5 cm³/mol. The topological polar surface area (TPSA) is 63.6 Å². The first-order valence-corrected chi connectivity index (χ1v) is 5.02. The van der Waals surface area contributed by atoms with Gasteiger partial charge in [-0.25, -0.2) is 0 Å². The van der Waals surface area contributed by atoms with E-state index in [1.165, 1.54) is 0 Å². The Morgan fingerprint density at radius 2 is 2.29 bits per heavy atom. The van der Waals surface area contributed by atoms with Crippen LogP contribution in [0.3, 0.4) is 0 Å². The fraction of sp³-hybridized carbons (Fsp3) is 0.800. The van der Waals surface area contributed by atoms with Crippen molar-refractivity contribution in [2.24, 2.45) is 17.3 Å². The maximum atomic E-state index is 11.5. The number of carbonyl (C=O) groups is 2. The Kier molecular flexibility index (Phi) is 2.01. The van der Waals surface area contributed by atoms with E-state index in [-0.39, 0.29) is 17.8 Å². The minimum absolute atomic E-state index is 0.255. The molecule has 3 aliphatic rings. The van der Waals surface area contributed by atoms with Crippen molar-refractivity contribution in [3.05, 3.63) is 0 Å². The molecule has 3 atom stereocenters. The van der Waals surface area contributed by atoms with Crippen LogP contribution in [0.1, 0.15) is 26.2 Å². The van der Waals surface area contributed by atoms with E-state index in [1.54, 1.807) is 6.92 Å². The molecular weight excluding hydrogens is 184 g/mol. The number of carboxylic acids is 1. The van der Waals surface area contributed by atoms with E-state index in [1.807, 2.05) is 0 Å². The molecule has 4 nitrogen and oxygen atoms in total. The van der Waals surface area contributed by atoms with Crippen molar-refractivity contribution < 1.29 is 19.4 Å². The molecule has 3 aliphatic carbocycles. The summed E-state index contributed by atoms with van der Waals surface area (Å²) in [5.74, 6) is -1.27. The summed E-state index contributed by atoms with van der Waals surface area (Å²) >= 11 is 0. The van der Waals surface area contributed by atoms with Gasteiger partial charge < -0.3 is 9.84 Å². The number of hydrogen-bond donors (Lipinski definition) is 1. The number of hydrogen-bond acceptors (Lipinski definition) is 3. The summed E-state index contributed by atoms with van der Waals surface area (Å²) in [5.41, 5.74) is -0.781. The van der Waals surface area contributed by atoms with Gasteiger partial charge in [-0.05, 0) is 32.1 Å². The molecule has 0 saturated heterocycles. The monoisotopic (exact) mass is 198 g/mol. The number of esters is 1. The summed E-state index contributed by atoms with van der Waals surface area (Å²) in [6, 6.07) is 0. The Morgan fingerprint density at radius 3 is 2.79 bits per heavy atom. The van der Waals surface area contributed by atoms with Crippen LogP contribution in [0.2, 0.25) is 0 Å². The minimum Gasteiger partial charge on any atom is -0.481 e. The third-order valence-corrected chi connectivity index (χ3v) is 3.62. The van der Waals surface area contributed by atoms with Crippen LogP contribution < -0.4 is 0 Å². The zero-order chi connectivity index (χ0) is 10.3. The van der Waals surface area contributed by atoms with Gasteiger partial charge in [-0.15, -0.1) is 0 Å². The zero-order valence-electron chi connectivity index (χ0n) is 8.16. The highest BCUT2D eigenvalue weighted by Crippen LogP contribution is 2.63. The fourth-order valence-electron chi connectivity index (χ4n) is 2.95. The number of rotatable bonds is 3. The van der Waals surface area contributed by atoms with E-state index in [4.69, 9.17) is 9.84 Å². The zero-order valence-corrected chi connectivity index (χ0v) is 8.16. The number of carboxylic acid groups (broad SMARTS) is 1. The van der Waals surface area contributed by atoms with Crippen molar-refractivity contribution in [2.45, 2.75) is 26.2 Å². The van der Waals surface area contributed by atoms with Crippen LogP contribution in [0.5, 0.6) is 0 Å². The Morgan fingerprint density at radius 1 is 1.57 bits per heavy atom. The van der Waals surface area contributed by atoms with Crippen molar-refractivity contribution in [1.82, 2.24) is 0 Å². The lowest BCUT2D eigenvalue weighted by Crippen LogP contribution is -2.50. The fourth-order valence-corrected chi connectivity index (χ4v) is 2.95. The molecule has 14 heavy (non-hydrogen) atoms. The summed E-state index contributed by atoms with van der Waals surface area (Å²) in [6.07, 6.45) is 2.15. The van der Waals surface area contributed by atoms with E-state index >= 15 is 0 Å². The maximum absolute atomic E-state index is 11.5. The molecule has 3 fully saturated rings. The number of aliphatic carboxylic acids is 1. The van der Waals surface area contributed by atoms with Crippen LogP contribution in [-0.4, -0.2) is 23.7 Å². The highest BCUT2D eigenvalue weighted by molar-refractivity contribution is 5.87. The van der Waals surface area contributed by atoms with Gasteiger partial charge in [0, 0.05) is 0 Å². The molecule has 0 spiro atoms. The third kappa shape index (κ3) is 0.996. The standard InChI is InChI=1S/C10H14O4/c1-2-14-8(11)7-6-3-4-10(7,5-6)9(12)13/h6-7H,2-5H2,1H3,(H,12,13). The Hall–Kier alpha value is -1.06. The van der Waals surface area contributed by atoms with Gasteiger partial charge in [0.15, 0.2) is 0 Å². The molecule has 0 aromatic rings. The second kappa shape index (κ2) is 2.97. The third-order valence-electron chi connectivity index (χ3n) is 3.62. The van der Waals surface area contributed by atoms with Crippen LogP contribution >= 0.6 is 0 Å². The van der Waals surface area contributed by atoms with Gasteiger partial charge >= 0.3 is 11.9 Å². The lowest BCUT2D eigenvalue weighted by molar-refractivity contribution is -0.176. The molecule has 0 radical (unpaired) electrons. The van der Waals surface area contributed by atoms with Gasteiger partial charge in [-0.2, -0.15) is 0 Å². The quantitative estimate of drug-likeness (QED) is 0.688. The van der Waals surface area contributed by atoms with E-state index < -0.39 is 11.4 Å². The number of ether oxygens (including phenoxy) is 1. The van der Waals surface area contributed by atoms with Crippen LogP contribution in [0.15, 0.2) is 0 Å². The Bertz CT molecular complexity index is 282. The summed E-state index contributed by atoms with van der Waals surface area (Å²) in [6.45, 7) is 2.07. The van der Waals surface area contributed by atoms with Crippen molar-refractivity contribution in [1.29, 1.82) is 0 Å². The molecule has 3 saturated carbocycles. The molecule has 1 N–H and O–H groups in total. The lowest BCUT2D eigenvalue weighted by atomic mass is 9.60. The summed E-state index contributed by atoms with van der Waals surface area (Å²) in [7, 11) is 0.